The highest BCUT2D eigenvalue weighted by molar-refractivity contribution is 6.32. The SMILES string of the molecule is CCN=C1Nc2cc(OC)c(Cl)cc2N(CC)C1N. The van der Waals surface area contributed by atoms with Crippen LogP contribution in [0, 0.1) is 0 Å². The van der Waals surface area contributed by atoms with Crippen LogP contribution in [0.4, 0.5) is 11.4 Å². The molecule has 6 heteroatoms. The minimum Gasteiger partial charge on any atom is -0.495 e. The van der Waals surface area contributed by atoms with E-state index in [1.165, 1.54) is 0 Å². The van der Waals surface area contributed by atoms with Gasteiger partial charge in [-0.3, -0.25) is 4.99 Å². The lowest BCUT2D eigenvalue weighted by Crippen LogP contribution is -2.53. The van der Waals surface area contributed by atoms with Gasteiger partial charge in [0.05, 0.1) is 23.5 Å². The van der Waals surface area contributed by atoms with Gasteiger partial charge in [-0.05, 0) is 19.9 Å². The number of likely N-dealkylation sites (N-methyl/N-ethyl adjacent to an activating group) is 1. The quantitative estimate of drug-likeness (QED) is 0.893. The van der Waals surface area contributed by atoms with E-state index < -0.39 is 0 Å². The number of halogens is 1. The molecule has 0 radical (unpaired) electrons. The Morgan fingerprint density at radius 2 is 2.21 bits per heavy atom. The molecule has 3 N–H and O–H groups in total. The lowest BCUT2D eigenvalue weighted by molar-refractivity contribution is 0.415. The van der Waals surface area contributed by atoms with Gasteiger partial charge in [0.15, 0.2) is 0 Å². The lowest BCUT2D eigenvalue weighted by Gasteiger charge is -2.37. The number of nitrogens with one attached hydrogen (secondary N) is 1. The van der Waals surface area contributed by atoms with Gasteiger partial charge in [-0.25, -0.2) is 0 Å². The summed E-state index contributed by atoms with van der Waals surface area (Å²) in [5.41, 5.74) is 8.10. The third-order valence-corrected chi connectivity index (χ3v) is 3.42. The van der Waals surface area contributed by atoms with E-state index in [2.05, 4.69) is 22.1 Å². The molecule has 2 rings (SSSR count). The number of benzene rings is 1. The van der Waals surface area contributed by atoms with Crippen LogP contribution in [0.2, 0.25) is 5.02 Å². The smallest absolute Gasteiger partial charge is 0.139 e. The summed E-state index contributed by atoms with van der Waals surface area (Å²) in [5, 5.41) is 3.83. The van der Waals surface area contributed by atoms with E-state index in [-0.39, 0.29) is 6.17 Å². The van der Waals surface area contributed by atoms with Crippen LogP contribution in [-0.4, -0.2) is 32.2 Å². The summed E-state index contributed by atoms with van der Waals surface area (Å²) in [7, 11) is 1.60. The maximum atomic E-state index is 6.21. The molecular formula is C13H19ClN4O. The van der Waals surface area contributed by atoms with Crippen molar-refractivity contribution in [2.24, 2.45) is 10.7 Å². The molecule has 0 saturated carbocycles. The van der Waals surface area contributed by atoms with Gasteiger partial charge in [-0.2, -0.15) is 0 Å². The highest BCUT2D eigenvalue weighted by atomic mass is 35.5. The van der Waals surface area contributed by atoms with E-state index in [1.54, 1.807) is 7.11 Å². The summed E-state index contributed by atoms with van der Waals surface area (Å²) in [6.07, 6.45) is -0.276. The molecule has 0 aliphatic carbocycles. The molecule has 19 heavy (non-hydrogen) atoms. The monoisotopic (exact) mass is 282 g/mol. The summed E-state index contributed by atoms with van der Waals surface area (Å²) in [6.45, 7) is 5.50. The normalized spacial score (nSPS) is 20.2. The van der Waals surface area contributed by atoms with Crippen LogP contribution in [0.3, 0.4) is 0 Å². The van der Waals surface area contributed by atoms with Crippen molar-refractivity contribution in [2.45, 2.75) is 20.0 Å². The maximum Gasteiger partial charge on any atom is 0.139 e. The molecule has 1 aromatic rings. The van der Waals surface area contributed by atoms with Crippen molar-refractivity contribution in [3.05, 3.63) is 17.2 Å². The van der Waals surface area contributed by atoms with Crippen molar-refractivity contribution in [1.82, 2.24) is 0 Å². The molecule has 1 aromatic carbocycles. The van der Waals surface area contributed by atoms with Gasteiger partial charge in [0.2, 0.25) is 0 Å². The molecule has 0 saturated heterocycles. The number of hydrogen-bond donors (Lipinski definition) is 2. The van der Waals surface area contributed by atoms with Crippen LogP contribution in [0.5, 0.6) is 5.75 Å². The molecule has 0 aromatic heterocycles. The minimum atomic E-state index is -0.276. The number of nitrogens with two attached hydrogens (primary N) is 1. The molecule has 0 bridgehead atoms. The fraction of sp³-hybridized carbons (Fsp3) is 0.462. The maximum absolute atomic E-state index is 6.21. The molecule has 104 valence electrons. The Balaban J connectivity index is 2.51. The summed E-state index contributed by atoms with van der Waals surface area (Å²) in [4.78, 5) is 6.47. The minimum absolute atomic E-state index is 0.276. The molecule has 1 heterocycles. The second kappa shape index (κ2) is 5.67. The number of amidine groups is 1. The number of aliphatic imine (C=N–C) groups is 1. The summed E-state index contributed by atoms with van der Waals surface area (Å²) >= 11 is 6.18. The van der Waals surface area contributed by atoms with E-state index in [0.29, 0.717) is 17.3 Å². The predicted molar refractivity (Wildman–Crippen MR) is 80.6 cm³/mol. The topological polar surface area (TPSA) is 62.9 Å². The molecule has 0 amide bonds. The van der Waals surface area contributed by atoms with E-state index in [0.717, 1.165) is 23.8 Å². The van der Waals surface area contributed by atoms with E-state index in [4.69, 9.17) is 22.1 Å². The number of fused-ring (bicyclic) bond motifs is 1. The molecule has 1 aliphatic heterocycles. The number of ether oxygens (including phenoxy) is 1. The number of nitrogens with zero attached hydrogens (tertiary/aromatic N) is 2. The van der Waals surface area contributed by atoms with E-state index in [1.807, 2.05) is 19.1 Å². The molecule has 1 unspecified atom stereocenters. The van der Waals surface area contributed by atoms with Crippen molar-refractivity contribution >= 4 is 28.8 Å². The molecule has 0 fully saturated rings. The second-order valence-electron chi connectivity index (χ2n) is 4.22. The fourth-order valence-corrected chi connectivity index (χ4v) is 2.45. The number of anilines is 2. The van der Waals surface area contributed by atoms with Crippen LogP contribution < -0.4 is 20.7 Å². The number of hydrogen-bond acceptors (Lipinski definition) is 4. The van der Waals surface area contributed by atoms with Crippen LogP contribution in [0.15, 0.2) is 17.1 Å². The first kappa shape index (κ1) is 14.0. The second-order valence-corrected chi connectivity index (χ2v) is 4.63. The van der Waals surface area contributed by atoms with Crippen LogP contribution in [0.25, 0.3) is 0 Å². The van der Waals surface area contributed by atoms with Gasteiger partial charge in [0.25, 0.3) is 0 Å². The van der Waals surface area contributed by atoms with Crippen molar-refractivity contribution in [3.63, 3.8) is 0 Å². The predicted octanol–water partition coefficient (Wildman–Crippen LogP) is 2.30. The highest BCUT2D eigenvalue weighted by Gasteiger charge is 2.28. The Kier molecular flexibility index (Phi) is 4.17. The zero-order valence-corrected chi connectivity index (χ0v) is 12.2. The van der Waals surface area contributed by atoms with Gasteiger partial charge in [0.1, 0.15) is 17.8 Å². The van der Waals surface area contributed by atoms with E-state index in [9.17, 15) is 0 Å². The number of methoxy groups -OCH3 is 1. The van der Waals surface area contributed by atoms with E-state index >= 15 is 0 Å². The summed E-state index contributed by atoms with van der Waals surface area (Å²) in [5.74, 6) is 1.40. The molecule has 5 nitrogen and oxygen atoms in total. The van der Waals surface area contributed by atoms with Crippen LogP contribution in [-0.2, 0) is 0 Å². The molecular weight excluding hydrogens is 264 g/mol. The first-order valence-corrected chi connectivity index (χ1v) is 6.71. The van der Waals surface area contributed by atoms with Crippen LogP contribution >= 0.6 is 11.6 Å². The summed E-state index contributed by atoms with van der Waals surface area (Å²) < 4.78 is 5.24. The fourth-order valence-electron chi connectivity index (χ4n) is 2.22. The average molecular weight is 283 g/mol. The van der Waals surface area contributed by atoms with Crippen LogP contribution in [0.1, 0.15) is 13.8 Å². The standard InChI is InChI=1S/C13H19ClN4O/c1-4-16-13-12(15)18(5-2)10-6-8(14)11(19-3)7-9(10)17-13/h6-7,12H,4-5,15H2,1-3H3,(H,16,17). The Labute approximate surface area is 118 Å². The van der Waals surface area contributed by atoms with Gasteiger partial charge in [-0.1, -0.05) is 11.6 Å². The van der Waals surface area contributed by atoms with Gasteiger partial charge in [-0.15, -0.1) is 0 Å². The van der Waals surface area contributed by atoms with Gasteiger partial charge >= 0.3 is 0 Å². The third kappa shape index (κ3) is 2.48. The van der Waals surface area contributed by atoms with Crippen molar-refractivity contribution in [2.75, 3.05) is 30.4 Å². The lowest BCUT2D eigenvalue weighted by atomic mass is 10.1. The molecule has 1 aliphatic rings. The summed E-state index contributed by atoms with van der Waals surface area (Å²) in [6, 6.07) is 3.74. The average Bonchev–Trinajstić information content (AvgIpc) is 2.40. The Hall–Kier alpha value is -1.46. The zero-order valence-electron chi connectivity index (χ0n) is 11.4. The molecule has 0 spiro atoms. The van der Waals surface area contributed by atoms with Crippen molar-refractivity contribution < 1.29 is 4.74 Å². The largest absolute Gasteiger partial charge is 0.495 e. The zero-order chi connectivity index (χ0) is 14.0. The number of rotatable bonds is 3. The first-order chi connectivity index (χ1) is 9.12. The first-order valence-electron chi connectivity index (χ1n) is 6.33. The Morgan fingerprint density at radius 3 is 2.79 bits per heavy atom. The van der Waals surface area contributed by atoms with Crippen molar-refractivity contribution in [3.8, 4) is 5.75 Å². The van der Waals surface area contributed by atoms with Gasteiger partial charge < -0.3 is 20.7 Å². The Bertz CT molecular complexity index is 504. The molecule has 1 atom stereocenters. The Morgan fingerprint density at radius 1 is 1.47 bits per heavy atom. The highest BCUT2D eigenvalue weighted by Crippen LogP contribution is 2.39. The van der Waals surface area contributed by atoms with Crippen molar-refractivity contribution in [1.29, 1.82) is 0 Å². The third-order valence-electron chi connectivity index (χ3n) is 3.13. The van der Waals surface area contributed by atoms with Gasteiger partial charge in [0, 0.05) is 19.2 Å².